The molecule has 0 radical (unpaired) electrons. The third-order valence-corrected chi connectivity index (χ3v) is 3.18. The van der Waals surface area contributed by atoms with Gasteiger partial charge in [-0.2, -0.15) is 0 Å². The quantitative estimate of drug-likeness (QED) is 0.814. The molecule has 2 heteroatoms. The Morgan fingerprint density at radius 2 is 1.63 bits per heavy atom. The zero-order chi connectivity index (χ0) is 13.7. The molecule has 0 bridgehead atoms. The Morgan fingerprint density at radius 3 is 2.21 bits per heavy atom. The van der Waals surface area contributed by atoms with Gasteiger partial charge in [0.2, 0.25) is 0 Å². The molecule has 0 aliphatic carbocycles. The molecule has 0 N–H and O–H groups in total. The highest BCUT2D eigenvalue weighted by Gasteiger charge is 2.13. The van der Waals surface area contributed by atoms with E-state index in [9.17, 15) is 4.79 Å². The number of amides is 1. The molecule has 0 saturated carbocycles. The summed E-state index contributed by atoms with van der Waals surface area (Å²) in [6.07, 6.45) is 0. The Balaban J connectivity index is 2.12. The molecule has 0 spiro atoms. The highest BCUT2D eigenvalue weighted by atomic mass is 16.2. The second kappa shape index (κ2) is 6.19. The van der Waals surface area contributed by atoms with Gasteiger partial charge in [-0.3, -0.25) is 4.79 Å². The van der Waals surface area contributed by atoms with Crippen molar-refractivity contribution in [2.45, 2.75) is 20.4 Å². The molecule has 2 aromatic carbocycles. The van der Waals surface area contributed by atoms with Gasteiger partial charge < -0.3 is 4.90 Å². The first-order chi connectivity index (χ1) is 9.20. The number of aryl methyl sites for hydroxylation is 1. The molecule has 0 aliphatic heterocycles. The van der Waals surface area contributed by atoms with Crippen molar-refractivity contribution in [3.05, 3.63) is 71.3 Å². The molecule has 1 amide bonds. The van der Waals surface area contributed by atoms with Crippen LogP contribution < -0.4 is 0 Å². The van der Waals surface area contributed by atoms with Gasteiger partial charge in [-0.05, 0) is 31.5 Å². The molecule has 0 aromatic heterocycles. The van der Waals surface area contributed by atoms with Crippen LogP contribution in [0, 0.1) is 6.92 Å². The summed E-state index contributed by atoms with van der Waals surface area (Å²) in [6, 6.07) is 17.8. The van der Waals surface area contributed by atoms with Gasteiger partial charge in [0, 0.05) is 18.7 Å². The molecule has 98 valence electrons. The van der Waals surface area contributed by atoms with Crippen LogP contribution >= 0.6 is 0 Å². The summed E-state index contributed by atoms with van der Waals surface area (Å²) >= 11 is 0. The maximum absolute atomic E-state index is 12.4. The number of nitrogens with zero attached hydrogens (tertiary/aromatic N) is 1. The van der Waals surface area contributed by atoms with Crippen LogP contribution in [0.2, 0.25) is 0 Å². The summed E-state index contributed by atoms with van der Waals surface area (Å²) in [4.78, 5) is 14.2. The maximum atomic E-state index is 12.4. The van der Waals surface area contributed by atoms with Crippen LogP contribution in [0.25, 0.3) is 0 Å². The summed E-state index contributed by atoms with van der Waals surface area (Å²) in [5.41, 5.74) is 3.15. The van der Waals surface area contributed by atoms with Crippen LogP contribution in [0.15, 0.2) is 54.6 Å². The third-order valence-electron chi connectivity index (χ3n) is 3.18. The normalized spacial score (nSPS) is 10.2. The fourth-order valence-electron chi connectivity index (χ4n) is 2.00. The lowest BCUT2D eigenvalue weighted by molar-refractivity contribution is 0.0752. The van der Waals surface area contributed by atoms with Crippen LogP contribution in [-0.4, -0.2) is 17.4 Å². The Labute approximate surface area is 114 Å². The number of hydrogen-bond acceptors (Lipinski definition) is 1. The van der Waals surface area contributed by atoms with Gasteiger partial charge in [0.1, 0.15) is 0 Å². The van der Waals surface area contributed by atoms with Gasteiger partial charge >= 0.3 is 0 Å². The zero-order valence-electron chi connectivity index (χ0n) is 11.5. The highest BCUT2D eigenvalue weighted by Crippen LogP contribution is 2.10. The largest absolute Gasteiger partial charge is 0.335 e. The van der Waals surface area contributed by atoms with Gasteiger partial charge in [-0.15, -0.1) is 0 Å². The molecular weight excluding hydrogens is 234 g/mol. The monoisotopic (exact) mass is 253 g/mol. The van der Waals surface area contributed by atoms with E-state index in [1.165, 1.54) is 5.56 Å². The maximum Gasteiger partial charge on any atom is 0.254 e. The first-order valence-corrected chi connectivity index (χ1v) is 6.60. The minimum Gasteiger partial charge on any atom is -0.335 e. The molecule has 2 aromatic rings. The minimum absolute atomic E-state index is 0.0867. The van der Waals surface area contributed by atoms with E-state index in [0.717, 1.165) is 11.1 Å². The highest BCUT2D eigenvalue weighted by molar-refractivity contribution is 5.94. The number of benzene rings is 2. The second-order valence-corrected chi connectivity index (χ2v) is 4.67. The average molecular weight is 253 g/mol. The van der Waals surface area contributed by atoms with E-state index in [1.807, 2.05) is 42.2 Å². The van der Waals surface area contributed by atoms with E-state index in [4.69, 9.17) is 0 Å². The van der Waals surface area contributed by atoms with Crippen LogP contribution in [-0.2, 0) is 6.54 Å². The molecule has 0 atom stereocenters. The van der Waals surface area contributed by atoms with E-state index >= 15 is 0 Å². The molecule has 2 nitrogen and oxygen atoms in total. The standard InChI is InChI=1S/C17H19NO/c1-3-18(13-15-11-9-14(2)10-12-15)17(19)16-7-5-4-6-8-16/h4-12H,3,13H2,1-2H3. The number of rotatable bonds is 4. The number of carbonyl (C=O) groups is 1. The lowest BCUT2D eigenvalue weighted by atomic mass is 10.1. The predicted octanol–water partition coefficient (Wildman–Crippen LogP) is 3.66. The summed E-state index contributed by atoms with van der Waals surface area (Å²) in [5.74, 6) is 0.0867. The topological polar surface area (TPSA) is 20.3 Å². The predicted molar refractivity (Wildman–Crippen MR) is 78.0 cm³/mol. The lowest BCUT2D eigenvalue weighted by Crippen LogP contribution is -2.30. The minimum atomic E-state index is 0.0867. The van der Waals surface area contributed by atoms with Crippen LogP contribution in [0.1, 0.15) is 28.4 Å². The van der Waals surface area contributed by atoms with Gasteiger partial charge in [0.25, 0.3) is 5.91 Å². The van der Waals surface area contributed by atoms with E-state index in [0.29, 0.717) is 13.1 Å². The van der Waals surface area contributed by atoms with Crippen molar-refractivity contribution in [2.75, 3.05) is 6.54 Å². The van der Waals surface area contributed by atoms with Crippen molar-refractivity contribution in [2.24, 2.45) is 0 Å². The van der Waals surface area contributed by atoms with Gasteiger partial charge in [-0.1, -0.05) is 48.0 Å². The molecule has 0 aliphatic rings. The van der Waals surface area contributed by atoms with Crippen molar-refractivity contribution < 1.29 is 4.79 Å². The molecule has 2 rings (SSSR count). The first kappa shape index (κ1) is 13.3. The SMILES string of the molecule is CCN(Cc1ccc(C)cc1)C(=O)c1ccccc1. The Hall–Kier alpha value is -2.09. The Morgan fingerprint density at radius 1 is 1.00 bits per heavy atom. The van der Waals surface area contributed by atoms with Crippen LogP contribution in [0.4, 0.5) is 0 Å². The van der Waals surface area contributed by atoms with Crippen LogP contribution in [0.5, 0.6) is 0 Å². The van der Waals surface area contributed by atoms with Gasteiger partial charge in [-0.25, -0.2) is 0 Å². The fourth-order valence-corrected chi connectivity index (χ4v) is 2.00. The first-order valence-electron chi connectivity index (χ1n) is 6.60. The summed E-state index contributed by atoms with van der Waals surface area (Å²) < 4.78 is 0. The van der Waals surface area contributed by atoms with Crippen molar-refractivity contribution >= 4 is 5.91 Å². The second-order valence-electron chi connectivity index (χ2n) is 4.67. The van der Waals surface area contributed by atoms with E-state index in [1.54, 1.807) is 0 Å². The van der Waals surface area contributed by atoms with Crippen molar-refractivity contribution in [3.8, 4) is 0 Å². The molecule has 0 fully saturated rings. The van der Waals surface area contributed by atoms with E-state index in [-0.39, 0.29) is 5.91 Å². The average Bonchev–Trinajstić information content (AvgIpc) is 2.47. The van der Waals surface area contributed by atoms with Crippen molar-refractivity contribution in [3.63, 3.8) is 0 Å². The van der Waals surface area contributed by atoms with E-state index in [2.05, 4.69) is 31.2 Å². The van der Waals surface area contributed by atoms with Gasteiger partial charge in [0.05, 0.1) is 0 Å². The summed E-state index contributed by atoms with van der Waals surface area (Å²) in [7, 11) is 0. The van der Waals surface area contributed by atoms with Crippen molar-refractivity contribution in [1.29, 1.82) is 0 Å². The Kier molecular flexibility index (Phi) is 4.35. The fraction of sp³-hybridized carbons (Fsp3) is 0.235. The third kappa shape index (κ3) is 3.44. The summed E-state index contributed by atoms with van der Waals surface area (Å²) in [5, 5.41) is 0. The molecular formula is C17H19NO. The van der Waals surface area contributed by atoms with E-state index < -0.39 is 0 Å². The molecule has 0 saturated heterocycles. The van der Waals surface area contributed by atoms with Gasteiger partial charge in [0.15, 0.2) is 0 Å². The number of hydrogen-bond donors (Lipinski definition) is 0. The summed E-state index contributed by atoms with van der Waals surface area (Å²) in [6.45, 7) is 5.44. The van der Waals surface area contributed by atoms with Crippen molar-refractivity contribution in [1.82, 2.24) is 4.90 Å². The zero-order valence-corrected chi connectivity index (χ0v) is 11.5. The molecule has 0 heterocycles. The number of carbonyl (C=O) groups excluding carboxylic acids is 1. The smallest absolute Gasteiger partial charge is 0.254 e. The Bertz CT molecular complexity index is 531. The molecule has 19 heavy (non-hydrogen) atoms. The van der Waals surface area contributed by atoms with Crippen LogP contribution in [0.3, 0.4) is 0 Å². The molecule has 0 unspecified atom stereocenters. The lowest BCUT2D eigenvalue weighted by Gasteiger charge is -2.21.